The summed E-state index contributed by atoms with van der Waals surface area (Å²) in [5.74, 6) is -0.380. The maximum absolute atomic E-state index is 13.1. The molecule has 0 bridgehead atoms. The van der Waals surface area contributed by atoms with Crippen molar-refractivity contribution >= 4 is 31.9 Å². The third kappa shape index (κ3) is 6.50. The highest BCUT2D eigenvalue weighted by Gasteiger charge is 2.27. The number of aryl methyl sites for hydroxylation is 1. The predicted octanol–water partition coefficient (Wildman–Crippen LogP) is 4.52. The summed E-state index contributed by atoms with van der Waals surface area (Å²) in [7, 11) is -3.86. The number of rotatable bonds is 8. The molecule has 2 N–H and O–H groups in total. The molecule has 1 amide bonds. The van der Waals surface area contributed by atoms with E-state index >= 15 is 0 Å². The number of sulfonamides is 1. The van der Waals surface area contributed by atoms with Gasteiger partial charge in [0.2, 0.25) is 15.9 Å². The zero-order chi connectivity index (χ0) is 22.4. The monoisotopic (exact) mass is 500 g/mol. The van der Waals surface area contributed by atoms with Crippen molar-refractivity contribution in [2.45, 2.75) is 37.2 Å². The number of hydrogen-bond acceptors (Lipinski definition) is 3. The number of carbonyl (C=O) groups excluding carboxylic acids is 1. The quantitative estimate of drug-likeness (QED) is 0.477. The van der Waals surface area contributed by atoms with E-state index < -0.39 is 16.1 Å². The van der Waals surface area contributed by atoms with Gasteiger partial charge < -0.3 is 5.32 Å². The minimum Gasteiger partial charge on any atom is -0.348 e. The van der Waals surface area contributed by atoms with Crippen LogP contribution < -0.4 is 10.0 Å². The molecule has 0 spiro atoms. The van der Waals surface area contributed by atoms with Gasteiger partial charge in [-0.25, -0.2) is 8.42 Å². The third-order valence-electron chi connectivity index (χ3n) is 4.96. The first-order valence-corrected chi connectivity index (χ1v) is 12.2. The average molecular weight is 501 g/mol. The van der Waals surface area contributed by atoms with Crippen LogP contribution in [-0.4, -0.2) is 20.4 Å². The Balaban J connectivity index is 1.82. The van der Waals surface area contributed by atoms with Gasteiger partial charge in [-0.05, 0) is 55.7 Å². The summed E-state index contributed by atoms with van der Waals surface area (Å²) in [6.07, 6.45) is 0.241. The smallest absolute Gasteiger partial charge is 0.241 e. The first-order valence-electron chi connectivity index (χ1n) is 9.93. The standard InChI is InChI=1S/C24H25BrN2O3S/c1-17-8-14-22(15-9-17)31(29,30)27-23(16-19-6-4-3-5-7-19)24(28)26-18(2)20-10-12-21(25)13-11-20/h3-15,18,23,27H,16H2,1-2H3,(H,26,28)/t18-,23+/m0/s1. The number of halogens is 1. The first kappa shape index (κ1) is 23.2. The van der Waals surface area contributed by atoms with E-state index in [0.29, 0.717) is 0 Å². The second-order valence-electron chi connectivity index (χ2n) is 7.46. The summed E-state index contributed by atoms with van der Waals surface area (Å²) in [5, 5.41) is 2.94. The van der Waals surface area contributed by atoms with Crippen LogP contribution in [0.4, 0.5) is 0 Å². The second kappa shape index (κ2) is 10.2. The van der Waals surface area contributed by atoms with E-state index in [-0.39, 0.29) is 23.3 Å². The molecule has 3 aromatic rings. The number of carbonyl (C=O) groups is 1. The average Bonchev–Trinajstić information content (AvgIpc) is 2.74. The topological polar surface area (TPSA) is 75.3 Å². The summed E-state index contributed by atoms with van der Waals surface area (Å²) in [6.45, 7) is 3.76. The molecule has 3 rings (SSSR count). The highest BCUT2D eigenvalue weighted by Crippen LogP contribution is 2.18. The second-order valence-corrected chi connectivity index (χ2v) is 10.1. The number of nitrogens with one attached hydrogen (secondary N) is 2. The normalized spacial score (nSPS) is 13.4. The zero-order valence-electron chi connectivity index (χ0n) is 17.4. The van der Waals surface area contributed by atoms with Crippen molar-refractivity contribution in [3.63, 3.8) is 0 Å². The molecule has 0 radical (unpaired) electrons. The van der Waals surface area contributed by atoms with Gasteiger partial charge >= 0.3 is 0 Å². The van der Waals surface area contributed by atoms with Crippen LogP contribution in [0.2, 0.25) is 0 Å². The van der Waals surface area contributed by atoms with Gasteiger partial charge in [0, 0.05) is 4.47 Å². The van der Waals surface area contributed by atoms with Gasteiger partial charge in [-0.1, -0.05) is 76.1 Å². The number of hydrogen-bond donors (Lipinski definition) is 2. The molecule has 162 valence electrons. The van der Waals surface area contributed by atoms with Crippen molar-refractivity contribution in [3.8, 4) is 0 Å². The largest absolute Gasteiger partial charge is 0.348 e. The fourth-order valence-electron chi connectivity index (χ4n) is 3.16. The van der Waals surface area contributed by atoms with Crippen LogP contribution >= 0.6 is 15.9 Å². The molecule has 0 aromatic heterocycles. The summed E-state index contributed by atoms with van der Waals surface area (Å²) in [6, 6.07) is 22.3. The molecule has 0 heterocycles. The molecule has 3 aromatic carbocycles. The Kier molecular flexibility index (Phi) is 7.64. The minimum atomic E-state index is -3.86. The van der Waals surface area contributed by atoms with Gasteiger partial charge in [-0.2, -0.15) is 4.72 Å². The van der Waals surface area contributed by atoms with Crippen molar-refractivity contribution in [3.05, 3.63) is 100 Å². The SMILES string of the molecule is Cc1ccc(S(=O)(=O)N[C@H](Cc2ccccc2)C(=O)N[C@@H](C)c2ccc(Br)cc2)cc1. The van der Waals surface area contributed by atoms with Crippen LogP contribution in [0, 0.1) is 6.92 Å². The van der Waals surface area contributed by atoms with Crippen LogP contribution in [0.25, 0.3) is 0 Å². The van der Waals surface area contributed by atoms with E-state index in [1.807, 2.05) is 68.4 Å². The van der Waals surface area contributed by atoms with E-state index in [1.165, 1.54) is 0 Å². The Morgan fingerprint density at radius 3 is 2.16 bits per heavy atom. The summed E-state index contributed by atoms with van der Waals surface area (Å²) < 4.78 is 29.4. The maximum Gasteiger partial charge on any atom is 0.241 e. The molecular weight excluding hydrogens is 476 g/mol. The minimum absolute atomic E-state index is 0.130. The van der Waals surface area contributed by atoms with Gasteiger partial charge in [0.1, 0.15) is 6.04 Å². The number of benzene rings is 3. The van der Waals surface area contributed by atoms with Crippen molar-refractivity contribution < 1.29 is 13.2 Å². The van der Waals surface area contributed by atoms with Crippen LogP contribution in [0.1, 0.15) is 29.7 Å². The first-order chi connectivity index (χ1) is 14.7. The van der Waals surface area contributed by atoms with Crippen molar-refractivity contribution in [1.29, 1.82) is 0 Å². The van der Waals surface area contributed by atoms with Crippen molar-refractivity contribution in [2.75, 3.05) is 0 Å². The van der Waals surface area contributed by atoms with Gasteiger partial charge in [0.05, 0.1) is 10.9 Å². The van der Waals surface area contributed by atoms with Gasteiger partial charge in [0.25, 0.3) is 0 Å². The Morgan fingerprint density at radius 2 is 1.55 bits per heavy atom. The van der Waals surface area contributed by atoms with Crippen molar-refractivity contribution in [2.24, 2.45) is 0 Å². The molecule has 2 atom stereocenters. The Bertz CT molecular complexity index is 1120. The molecule has 0 aliphatic heterocycles. The summed E-state index contributed by atoms with van der Waals surface area (Å²) in [5.41, 5.74) is 2.75. The Hall–Kier alpha value is -2.48. The molecule has 0 saturated carbocycles. The lowest BCUT2D eigenvalue weighted by Gasteiger charge is -2.22. The lowest BCUT2D eigenvalue weighted by Crippen LogP contribution is -2.48. The van der Waals surface area contributed by atoms with E-state index in [1.54, 1.807) is 24.3 Å². The van der Waals surface area contributed by atoms with Crippen molar-refractivity contribution in [1.82, 2.24) is 10.0 Å². The van der Waals surface area contributed by atoms with Gasteiger partial charge in [-0.15, -0.1) is 0 Å². The highest BCUT2D eigenvalue weighted by molar-refractivity contribution is 9.10. The molecule has 0 aliphatic carbocycles. The number of amides is 1. The van der Waals surface area contributed by atoms with E-state index in [4.69, 9.17) is 0 Å². The van der Waals surface area contributed by atoms with Crippen LogP contribution in [0.5, 0.6) is 0 Å². The Labute approximate surface area is 192 Å². The fourth-order valence-corrected chi connectivity index (χ4v) is 4.62. The molecule has 0 unspecified atom stereocenters. The molecule has 0 fully saturated rings. The van der Waals surface area contributed by atoms with Gasteiger partial charge in [-0.3, -0.25) is 4.79 Å². The lowest BCUT2D eigenvalue weighted by molar-refractivity contribution is -0.123. The fraction of sp³-hybridized carbons (Fsp3) is 0.208. The van der Waals surface area contributed by atoms with E-state index in [9.17, 15) is 13.2 Å². The Morgan fingerprint density at radius 1 is 0.935 bits per heavy atom. The molecule has 0 aliphatic rings. The molecule has 0 saturated heterocycles. The highest BCUT2D eigenvalue weighted by atomic mass is 79.9. The van der Waals surface area contributed by atoms with Crippen LogP contribution in [-0.2, 0) is 21.2 Å². The third-order valence-corrected chi connectivity index (χ3v) is 6.97. The van der Waals surface area contributed by atoms with E-state index in [2.05, 4.69) is 26.0 Å². The zero-order valence-corrected chi connectivity index (χ0v) is 19.8. The van der Waals surface area contributed by atoms with E-state index in [0.717, 1.165) is 21.2 Å². The molecule has 5 nitrogen and oxygen atoms in total. The maximum atomic E-state index is 13.1. The van der Waals surface area contributed by atoms with Crippen LogP contribution in [0.15, 0.2) is 88.2 Å². The summed E-state index contributed by atoms with van der Waals surface area (Å²) in [4.78, 5) is 13.2. The molecule has 7 heteroatoms. The lowest BCUT2D eigenvalue weighted by atomic mass is 10.0. The summed E-state index contributed by atoms with van der Waals surface area (Å²) >= 11 is 3.40. The predicted molar refractivity (Wildman–Crippen MR) is 126 cm³/mol. The van der Waals surface area contributed by atoms with Gasteiger partial charge in [0.15, 0.2) is 0 Å². The molecule has 31 heavy (non-hydrogen) atoms. The molecular formula is C24H25BrN2O3S. The van der Waals surface area contributed by atoms with Crippen LogP contribution in [0.3, 0.4) is 0 Å².